The summed E-state index contributed by atoms with van der Waals surface area (Å²) >= 11 is 5.32. The van der Waals surface area contributed by atoms with Gasteiger partial charge in [0.1, 0.15) is 5.82 Å². The van der Waals surface area contributed by atoms with Gasteiger partial charge in [0.05, 0.1) is 0 Å². The lowest BCUT2D eigenvalue weighted by molar-refractivity contribution is 0.0980. The van der Waals surface area contributed by atoms with Gasteiger partial charge in [0.2, 0.25) is 0 Å². The zero-order chi connectivity index (χ0) is 11.8. The first-order valence-corrected chi connectivity index (χ1v) is 6.64. The van der Waals surface area contributed by atoms with Gasteiger partial charge in [-0.1, -0.05) is 27.2 Å². The van der Waals surface area contributed by atoms with Crippen molar-refractivity contribution in [3.05, 3.63) is 10.6 Å². The highest BCUT2D eigenvalue weighted by atomic mass is 32.1. The molecule has 16 heavy (non-hydrogen) atoms. The number of aromatic nitrogens is 3. The summed E-state index contributed by atoms with van der Waals surface area (Å²) in [5.74, 6) is 1.53. The van der Waals surface area contributed by atoms with Crippen LogP contribution in [0.15, 0.2) is 0 Å². The van der Waals surface area contributed by atoms with Crippen LogP contribution in [0.1, 0.15) is 58.2 Å². The molecular weight excluding hydrogens is 218 g/mol. The maximum atomic E-state index is 5.32. The third kappa shape index (κ3) is 1.95. The Kier molecular flexibility index (Phi) is 3.19. The van der Waals surface area contributed by atoms with Crippen molar-refractivity contribution in [1.29, 1.82) is 0 Å². The molecule has 1 aromatic rings. The molecule has 1 fully saturated rings. The second-order valence-corrected chi connectivity index (χ2v) is 5.72. The van der Waals surface area contributed by atoms with Crippen LogP contribution >= 0.6 is 12.2 Å². The molecule has 0 bridgehead atoms. The van der Waals surface area contributed by atoms with Gasteiger partial charge in [0.25, 0.3) is 0 Å². The van der Waals surface area contributed by atoms with Gasteiger partial charge in [-0.25, -0.2) is 0 Å². The number of nitrogens with one attached hydrogen (secondary N) is 1. The monoisotopic (exact) mass is 239 g/mol. The van der Waals surface area contributed by atoms with E-state index >= 15 is 0 Å². The van der Waals surface area contributed by atoms with Crippen molar-refractivity contribution in [2.75, 3.05) is 0 Å². The average molecular weight is 239 g/mol. The van der Waals surface area contributed by atoms with Crippen LogP contribution in [-0.2, 0) is 6.54 Å². The summed E-state index contributed by atoms with van der Waals surface area (Å²) in [6, 6.07) is 0. The fraction of sp³-hybridized carbons (Fsp3) is 0.833. The first kappa shape index (κ1) is 11.8. The standard InChI is InChI=1S/C12H21N3S/c1-4-12(6-5-7-12)8-15-10(9(2)3)13-14-11(15)16/h9H,4-8H2,1-3H3,(H,14,16). The van der Waals surface area contributed by atoms with Crippen molar-refractivity contribution in [3.63, 3.8) is 0 Å². The Labute approximate surface area is 102 Å². The Balaban J connectivity index is 2.26. The molecule has 0 atom stereocenters. The Morgan fingerprint density at radius 2 is 2.19 bits per heavy atom. The van der Waals surface area contributed by atoms with Crippen molar-refractivity contribution in [1.82, 2.24) is 14.8 Å². The molecule has 1 aromatic heterocycles. The summed E-state index contributed by atoms with van der Waals surface area (Å²) in [6.45, 7) is 7.67. The highest BCUT2D eigenvalue weighted by molar-refractivity contribution is 7.71. The topological polar surface area (TPSA) is 33.6 Å². The minimum Gasteiger partial charge on any atom is -0.303 e. The first-order valence-electron chi connectivity index (χ1n) is 6.23. The summed E-state index contributed by atoms with van der Waals surface area (Å²) in [7, 11) is 0. The largest absolute Gasteiger partial charge is 0.303 e. The average Bonchev–Trinajstić information content (AvgIpc) is 2.54. The molecule has 0 radical (unpaired) electrons. The van der Waals surface area contributed by atoms with E-state index in [0.717, 1.165) is 17.1 Å². The van der Waals surface area contributed by atoms with Crippen LogP contribution in [0.4, 0.5) is 0 Å². The SMILES string of the molecule is CCC1(Cn2c(C(C)C)n[nH]c2=S)CCC1. The molecule has 1 N–H and O–H groups in total. The molecule has 1 aliphatic carbocycles. The summed E-state index contributed by atoms with van der Waals surface area (Å²) < 4.78 is 2.99. The van der Waals surface area contributed by atoms with Gasteiger partial charge in [-0.2, -0.15) is 5.10 Å². The molecule has 3 nitrogen and oxygen atoms in total. The van der Waals surface area contributed by atoms with E-state index in [1.165, 1.54) is 25.7 Å². The third-order valence-corrected chi connectivity index (χ3v) is 4.27. The zero-order valence-corrected chi connectivity index (χ0v) is 11.2. The summed E-state index contributed by atoms with van der Waals surface area (Å²) in [5.41, 5.74) is 0.492. The molecule has 0 unspecified atom stereocenters. The van der Waals surface area contributed by atoms with Gasteiger partial charge < -0.3 is 4.57 Å². The molecule has 2 rings (SSSR count). The molecule has 1 saturated carbocycles. The van der Waals surface area contributed by atoms with E-state index in [4.69, 9.17) is 12.2 Å². The summed E-state index contributed by atoms with van der Waals surface area (Å²) in [4.78, 5) is 0. The molecule has 0 spiro atoms. The maximum absolute atomic E-state index is 5.32. The van der Waals surface area contributed by atoms with E-state index in [1.54, 1.807) is 0 Å². The van der Waals surface area contributed by atoms with Gasteiger partial charge in [-0.3, -0.25) is 5.10 Å². The van der Waals surface area contributed by atoms with Crippen LogP contribution in [0, 0.1) is 10.2 Å². The third-order valence-electron chi connectivity index (χ3n) is 3.96. The van der Waals surface area contributed by atoms with Crippen LogP contribution in [-0.4, -0.2) is 14.8 Å². The fourth-order valence-corrected chi connectivity index (χ4v) is 2.76. The molecule has 90 valence electrons. The van der Waals surface area contributed by atoms with E-state index in [9.17, 15) is 0 Å². The van der Waals surface area contributed by atoms with Crippen molar-refractivity contribution in [2.24, 2.45) is 5.41 Å². The Morgan fingerprint density at radius 3 is 2.62 bits per heavy atom. The molecular formula is C12H21N3S. The molecule has 0 aromatic carbocycles. The van der Waals surface area contributed by atoms with Crippen LogP contribution in [0.5, 0.6) is 0 Å². The summed E-state index contributed by atoms with van der Waals surface area (Å²) in [5, 5.41) is 7.27. The number of hydrogen-bond donors (Lipinski definition) is 1. The Morgan fingerprint density at radius 1 is 1.50 bits per heavy atom. The molecule has 1 heterocycles. The van der Waals surface area contributed by atoms with Crippen molar-refractivity contribution in [2.45, 2.75) is 58.9 Å². The lowest BCUT2D eigenvalue weighted by Crippen LogP contribution is -2.34. The van der Waals surface area contributed by atoms with E-state index in [1.807, 2.05) is 0 Å². The van der Waals surface area contributed by atoms with Crippen LogP contribution in [0.2, 0.25) is 0 Å². The Hall–Kier alpha value is -0.640. The van der Waals surface area contributed by atoms with E-state index < -0.39 is 0 Å². The van der Waals surface area contributed by atoms with Crippen LogP contribution in [0.25, 0.3) is 0 Å². The predicted octanol–water partition coefficient (Wildman–Crippen LogP) is 3.64. The zero-order valence-electron chi connectivity index (χ0n) is 10.4. The molecule has 0 amide bonds. The molecule has 0 aliphatic heterocycles. The van der Waals surface area contributed by atoms with E-state index in [0.29, 0.717) is 11.3 Å². The van der Waals surface area contributed by atoms with Gasteiger partial charge in [-0.15, -0.1) is 0 Å². The number of nitrogens with zero attached hydrogens (tertiary/aromatic N) is 2. The van der Waals surface area contributed by atoms with Gasteiger partial charge in [-0.05, 0) is 36.9 Å². The lowest BCUT2D eigenvalue weighted by atomic mass is 9.67. The number of rotatable bonds is 4. The lowest BCUT2D eigenvalue weighted by Gasteiger charge is -2.41. The van der Waals surface area contributed by atoms with E-state index in [-0.39, 0.29) is 0 Å². The van der Waals surface area contributed by atoms with Crippen molar-refractivity contribution < 1.29 is 0 Å². The van der Waals surface area contributed by atoms with E-state index in [2.05, 4.69) is 35.5 Å². The summed E-state index contributed by atoms with van der Waals surface area (Å²) in [6.07, 6.45) is 5.30. The second-order valence-electron chi connectivity index (χ2n) is 5.33. The quantitative estimate of drug-likeness (QED) is 0.814. The van der Waals surface area contributed by atoms with Gasteiger partial charge >= 0.3 is 0 Å². The molecule has 1 aliphatic rings. The predicted molar refractivity (Wildman–Crippen MR) is 68.1 cm³/mol. The minimum absolute atomic E-state index is 0.432. The van der Waals surface area contributed by atoms with Crippen molar-refractivity contribution in [3.8, 4) is 0 Å². The van der Waals surface area contributed by atoms with Gasteiger partial charge in [0.15, 0.2) is 4.77 Å². The first-order chi connectivity index (χ1) is 7.58. The number of H-pyrrole nitrogens is 1. The number of aromatic amines is 1. The second kappa shape index (κ2) is 4.32. The van der Waals surface area contributed by atoms with Crippen LogP contribution < -0.4 is 0 Å². The fourth-order valence-electron chi connectivity index (χ4n) is 2.56. The Bertz CT molecular complexity index is 407. The highest BCUT2D eigenvalue weighted by Gasteiger charge is 2.36. The minimum atomic E-state index is 0.432. The normalized spacial score (nSPS) is 18.8. The van der Waals surface area contributed by atoms with Crippen molar-refractivity contribution >= 4 is 12.2 Å². The molecule has 4 heteroatoms. The van der Waals surface area contributed by atoms with Gasteiger partial charge in [0, 0.05) is 12.5 Å². The smallest absolute Gasteiger partial charge is 0.195 e. The highest BCUT2D eigenvalue weighted by Crippen LogP contribution is 2.45. The van der Waals surface area contributed by atoms with Crippen LogP contribution in [0.3, 0.4) is 0 Å². The number of hydrogen-bond acceptors (Lipinski definition) is 2. The maximum Gasteiger partial charge on any atom is 0.195 e. The molecule has 0 saturated heterocycles.